The predicted octanol–water partition coefficient (Wildman–Crippen LogP) is 2.42. The van der Waals surface area contributed by atoms with Crippen LogP contribution in [0.1, 0.15) is 44.3 Å². The van der Waals surface area contributed by atoms with Crippen LogP contribution in [0.25, 0.3) is 0 Å². The van der Waals surface area contributed by atoms with Crippen molar-refractivity contribution in [1.29, 1.82) is 0 Å². The molecule has 100 valence electrons. The Morgan fingerprint density at radius 1 is 1.44 bits per heavy atom. The van der Waals surface area contributed by atoms with E-state index in [9.17, 15) is 9.50 Å². The Kier molecular flexibility index (Phi) is 4.30. The van der Waals surface area contributed by atoms with Crippen molar-refractivity contribution in [2.75, 3.05) is 13.2 Å². The summed E-state index contributed by atoms with van der Waals surface area (Å²) < 4.78 is 12.8. The van der Waals surface area contributed by atoms with Gasteiger partial charge < -0.3 is 10.4 Å². The van der Waals surface area contributed by atoms with Gasteiger partial charge in [-0.05, 0) is 31.9 Å². The predicted molar refractivity (Wildman–Crippen MR) is 68.6 cm³/mol. The molecule has 1 aromatic rings. The summed E-state index contributed by atoms with van der Waals surface area (Å²) in [4.78, 5) is 4.07. The number of aliphatic hydroxyl groups is 1. The molecule has 0 aromatic carbocycles. The topological polar surface area (TPSA) is 45.1 Å². The summed E-state index contributed by atoms with van der Waals surface area (Å²) in [6.45, 7) is 3.05. The molecule has 0 aliphatic heterocycles. The van der Waals surface area contributed by atoms with Crippen LogP contribution in [0.5, 0.6) is 0 Å². The molecule has 0 radical (unpaired) electrons. The molecule has 0 spiro atoms. The zero-order valence-electron chi connectivity index (χ0n) is 10.8. The molecule has 1 fully saturated rings. The van der Waals surface area contributed by atoms with Crippen molar-refractivity contribution >= 4 is 0 Å². The summed E-state index contributed by atoms with van der Waals surface area (Å²) in [5.74, 6) is -0.312. The number of hydrogen-bond donors (Lipinski definition) is 2. The Bertz CT molecular complexity index is 374. The molecule has 1 aliphatic rings. The Morgan fingerprint density at radius 2 is 2.17 bits per heavy atom. The standard InChI is InChI=1S/C14H21FN2O/c1-11(13-5-4-12(15)8-16-13)17-9-14(10-18)6-2-3-7-14/h4-5,8,11,17-18H,2-3,6-7,9-10H2,1H3. The fourth-order valence-electron chi connectivity index (χ4n) is 2.63. The number of aliphatic hydroxyl groups excluding tert-OH is 1. The SMILES string of the molecule is CC(NCC1(CO)CCCC1)c1ccc(F)cn1. The zero-order chi connectivity index (χ0) is 13.0. The van der Waals surface area contributed by atoms with Crippen molar-refractivity contribution in [3.63, 3.8) is 0 Å². The lowest BCUT2D eigenvalue weighted by molar-refractivity contribution is 0.125. The van der Waals surface area contributed by atoms with Crippen LogP contribution in [0.3, 0.4) is 0 Å². The second kappa shape index (κ2) is 5.76. The highest BCUT2D eigenvalue weighted by Gasteiger charge is 2.33. The molecule has 1 heterocycles. The van der Waals surface area contributed by atoms with Gasteiger partial charge in [0.15, 0.2) is 0 Å². The van der Waals surface area contributed by atoms with Gasteiger partial charge in [0.2, 0.25) is 0 Å². The van der Waals surface area contributed by atoms with E-state index in [1.54, 1.807) is 6.07 Å². The molecule has 1 aromatic heterocycles. The third-order valence-electron chi connectivity index (χ3n) is 3.98. The van der Waals surface area contributed by atoms with E-state index in [2.05, 4.69) is 10.3 Å². The van der Waals surface area contributed by atoms with Crippen LogP contribution in [0.15, 0.2) is 18.3 Å². The van der Waals surface area contributed by atoms with Gasteiger partial charge in [0, 0.05) is 24.6 Å². The van der Waals surface area contributed by atoms with E-state index in [0.29, 0.717) is 0 Å². The second-order valence-corrected chi connectivity index (χ2v) is 5.37. The van der Waals surface area contributed by atoms with Crippen molar-refractivity contribution in [2.45, 2.75) is 38.6 Å². The third-order valence-corrected chi connectivity index (χ3v) is 3.98. The molecule has 3 nitrogen and oxygen atoms in total. The second-order valence-electron chi connectivity index (χ2n) is 5.37. The fraction of sp³-hybridized carbons (Fsp3) is 0.643. The average Bonchev–Trinajstić information content (AvgIpc) is 2.86. The molecule has 2 N–H and O–H groups in total. The molecule has 1 saturated carbocycles. The number of halogens is 1. The molecular formula is C14H21FN2O. The molecule has 0 amide bonds. The Morgan fingerprint density at radius 3 is 2.72 bits per heavy atom. The molecule has 4 heteroatoms. The highest BCUT2D eigenvalue weighted by atomic mass is 19.1. The van der Waals surface area contributed by atoms with Gasteiger partial charge in [-0.25, -0.2) is 4.39 Å². The molecule has 1 aliphatic carbocycles. The highest BCUT2D eigenvalue weighted by Crippen LogP contribution is 2.37. The van der Waals surface area contributed by atoms with E-state index < -0.39 is 0 Å². The molecule has 0 bridgehead atoms. The first-order valence-electron chi connectivity index (χ1n) is 6.61. The molecule has 1 unspecified atom stereocenters. The lowest BCUT2D eigenvalue weighted by Gasteiger charge is -2.28. The van der Waals surface area contributed by atoms with Gasteiger partial charge >= 0.3 is 0 Å². The Balaban J connectivity index is 1.91. The van der Waals surface area contributed by atoms with Crippen LogP contribution in [0, 0.1) is 11.2 Å². The minimum absolute atomic E-state index is 0.0360. The summed E-state index contributed by atoms with van der Waals surface area (Å²) in [7, 11) is 0. The van der Waals surface area contributed by atoms with Gasteiger partial charge in [-0.15, -0.1) is 0 Å². The molecule has 0 saturated heterocycles. The summed E-state index contributed by atoms with van der Waals surface area (Å²) in [6.07, 6.45) is 5.81. The van der Waals surface area contributed by atoms with Crippen molar-refractivity contribution in [2.24, 2.45) is 5.41 Å². The summed E-state index contributed by atoms with van der Waals surface area (Å²) in [5.41, 5.74) is 0.872. The van der Waals surface area contributed by atoms with Crippen LogP contribution < -0.4 is 5.32 Å². The van der Waals surface area contributed by atoms with E-state index in [0.717, 1.165) is 25.1 Å². The fourth-order valence-corrected chi connectivity index (χ4v) is 2.63. The summed E-state index contributed by atoms with van der Waals surface area (Å²) in [5, 5.41) is 12.9. The van der Waals surface area contributed by atoms with Crippen LogP contribution in [0.4, 0.5) is 4.39 Å². The number of aromatic nitrogens is 1. The molecular weight excluding hydrogens is 231 g/mol. The smallest absolute Gasteiger partial charge is 0.141 e. The Hall–Kier alpha value is -1.00. The first-order chi connectivity index (χ1) is 8.65. The lowest BCUT2D eigenvalue weighted by atomic mass is 9.87. The molecule has 18 heavy (non-hydrogen) atoms. The van der Waals surface area contributed by atoms with Gasteiger partial charge in [-0.1, -0.05) is 12.8 Å². The van der Waals surface area contributed by atoms with Crippen molar-refractivity contribution in [1.82, 2.24) is 10.3 Å². The van der Waals surface area contributed by atoms with Crippen LogP contribution in [0.2, 0.25) is 0 Å². The molecule has 1 atom stereocenters. The van der Waals surface area contributed by atoms with Gasteiger partial charge in [-0.3, -0.25) is 4.98 Å². The van der Waals surface area contributed by atoms with E-state index in [1.165, 1.54) is 25.1 Å². The van der Waals surface area contributed by atoms with Gasteiger partial charge in [-0.2, -0.15) is 0 Å². The van der Waals surface area contributed by atoms with Crippen LogP contribution >= 0.6 is 0 Å². The van der Waals surface area contributed by atoms with Gasteiger partial charge in [0.25, 0.3) is 0 Å². The van der Waals surface area contributed by atoms with Gasteiger partial charge in [0.05, 0.1) is 11.9 Å². The highest BCUT2D eigenvalue weighted by molar-refractivity contribution is 5.09. The maximum Gasteiger partial charge on any atom is 0.141 e. The Labute approximate surface area is 107 Å². The van der Waals surface area contributed by atoms with Crippen molar-refractivity contribution in [3.8, 4) is 0 Å². The monoisotopic (exact) mass is 252 g/mol. The average molecular weight is 252 g/mol. The summed E-state index contributed by atoms with van der Waals surface area (Å²) in [6, 6.07) is 3.21. The van der Waals surface area contributed by atoms with E-state index >= 15 is 0 Å². The number of nitrogens with one attached hydrogen (secondary N) is 1. The number of pyridine rings is 1. The maximum absolute atomic E-state index is 12.8. The number of hydrogen-bond acceptors (Lipinski definition) is 3. The quantitative estimate of drug-likeness (QED) is 0.846. The summed E-state index contributed by atoms with van der Waals surface area (Å²) >= 11 is 0. The van der Waals surface area contributed by atoms with E-state index in [-0.39, 0.29) is 23.9 Å². The number of nitrogens with zero attached hydrogens (tertiary/aromatic N) is 1. The largest absolute Gasteiger partial charge is 0.396 e. The first kappa shape index (κ1) is 13.4. The van der Waals surface area contributed by atoms with Crippen molar-refractivity contribution < 1.29 is 9.50 Å². The van der Waals surface area contributed by atoms with E-state index in [1.807, 2.05) is 6.92 Å². The lowest BCUT2D eigenvalue weighted by Crippen LogP contribution is -2.36. The van der Waals surface area contributed by atoms with Crippen molar-refractivity contribution in [3.05, 3.63) is 29.8 Å². The minimum atomic E-state index is -0.312. The maximum atomic E-state index is 12.8. The minimum Gasteiger partial charge on any atom is -0.396 e. The molecule has 2 rings (SSSR count). The normalized spacial score (nSPS) is 19.9. The van der Waals surface area contributed by atoms with Crippen LogP contribution in [-0.4, -0.2) is 23.2 Å². The first-order valence-corrected chi connectivity index (χ1v) is 6.61. The number of rotatable bonds is 5. The van der Waals surface area contributed by atoms with E-state index in [4.69, 9.17) is 0 Å². The third kappa shape index (κ3) is 3.06. The van der Waals surface area contributed by atoms with Crippen LogP contribution in [-0.2, 0) is 0 Å². The zero-order valence-corrected chi connectivity index (χ0v) is 10.8. The van der Waals surface area contributed by atoms with Gasteiger partial charge in [0.1, 0.15) is 5.82 Å².